The van der Waals surface area contributed by atoms with Crippen LogP contribution in [0.5, 0.6) is 0 Å². The average molecular weight is 218 g/mol. The number of benzene rings is 1. The van der Waals surface area contributed by atoms with Crippen LogP contribution in [-0.2, 0) is 0 Å². The van der Waals surface area contributed by atoms with Crippen LogP contribution >= 0.6 is 11.6 Å². The molecular formula is C11H8ClN3. The lowest BCUT2D eigenvalue weighted by atomic mass is 10.1. The van der Waals surface area contributed by atoms with Crippen molar-refractivity contribution in [3.63, 3.8) is 0 Å². The Labute approximate surface area is 91.1 Å². The van der Waals surface area contributed by atoms with Gasteiger partial charge in [0.15, 0.2) is 0 Å². The fraction of sp³-hybridized carbons (Fsp3) is 0. The van der Waals surface area contributed by atoms with E-state index in [-0.39, 0.29) is 0 Å². The molecule has 15 heavy (non-hydrogen) atoms. The van der Waals surface area contributed by atoms with E-state index in [2.05, 4.69) is 21.2 Å². The van der Waals surface area contributed by atoms with Gasteiger partial charge in [0.2, 0.25) is 0 Å². The maximum Gasteiger partial charge on any atom is 0.136 e. The van der Waals surface area contributed by atoms with Gasteiger partial charge in [-0.2, -0.15) is 0 Å². The molecule has 0 fully saturated rings. The summed E-state index contributed by atoms with van der Waals surface area (Å²) in [7, 11) is 0. The van der Waals surface area contributed by atoms with Gasteiger partial charge in [-0.3, -0.25) is 10.2 Å². The fourth-order valence-electron chi connectivity index (χ4n) is 1.60. The van der Waals surface area contributed by atoms with Gasteiger partial charge in [-0.15, -0.1) is 0 Å². The number of nitrogens with one attached hydrogen (secondary N) is 2. The lowest BCUT2D eigenvalue weighted by molar-refractivity contribution is 1.07. The molecule has 0 atom stereocenters. The molecule has 0 amide bonds. The quantitative estimate of drug-likeness (QED) is 0.604. The van der Waals surface area contributed by atoms with Crippen LogP contribution in [0.3, 0.4) is 0 Å². The van der Waals surface area contributed by atoms with Crippen LogP contribution in [0.4, 0.5) is 0 Å². The van der Waals surface area contributed by atoms with Crippen LogP contribution in [-0.4, -0.2) is 15.2 Å². The molecule has 0 bridgehead atoms. The Balaban J connectivity index is 2.19. The van der Waals surface area contributed by atoms with Crippen molar-refractivity contribution in [2.45, 2.75) is 0 Å². The zero-order valence-electron chi connectivity index (χ0n) is 7.79. The molecule has 0 saturated heterocycles. The molecule has 1 aromatic carbocycles. The average Bonchev–Trinajstić information content (AvgIpc) is 2.21. The number of aromatic amines is 2. The Kier molecular flexibility index (Phi) is 1.79. The van der Waals surface area contributed by atoms with Crippen molar-refractivity contribution < 1.29 is 0 Å². The lowest BCUT2D eigenvalue weighted by Gasteiger charge is -2.07. The molecule has 0 aliphatic heterocycles. The number of pyridine rings is 1. The third-order valence-electron chi connectivity index (χ3n) is 2.42. The van der Waals surface area contributed by atoms with Gasteiger partial charge in [-0.1, -0.05) is 17.7 Å². The topological polar surface area (TPSA) is 44.5 Å². The number of hydrogen-bond acceptors (Lipinski definition) is 1. The smallest absolute Gasteiger partial charge is 0.136 e. The number of H-pyrrole nitrogens is 2. The van der Waals surface area contributed by atoms with Crippen LogP contribution < -0.4 is 0 Å². The van der Waals surface area contributed by atoms with Crippen LogP contribution in [0.25, 0.3) is 22.2 Å². The van der Waals surface area contributed by atoms with E-state index < -0.39 is 0 Å². The summed E-state index contributed by atoms with van der Waals surface area (Å²) in [5.74, 6) is 0. The lowest BCUT2D eigenvalue weighted by Crippen LogP contribution is -1.91. The first-order valence-corrected chi connectivity index (χ1v) is 4.99. The maximum atomic E-state index is 6.02. The summed E-state index contributed by atoms with van der Waals surface area (Å²) in [5, 5.41) is 6.52. The van der Waals surface area contributed by atoms with Crippen LogP contribution in [0.2, 0.25) is 5.15 Å². The molecule has 0 aliphatic carbocycles. The molecule has 3 rings (SSSR count). The van der Waals surface area contributed by atoms with E-state index >= 15 is 0 Å². The van der Waals surface area contributed by atoms with Crippen molar-refractivity contribution in [3.05, 3.63) is 41.7 Å². The number of halogens is 1. The third-order valence-corrected chi connectivity index (χ3v) is 2.72. The second-order valence-electron chi connectivity index (χ2n) is 3.35. The summed E-state index contributed by atoms with van der Waals surface area (Å²) >= 11 is 6.02. The van der Waals surface area contributed by atoms with Crippen LogP contribution in [0.1, 0.15) is 0 Å². The summed E-state index contributed by atoms with van der Waals surface area (Å²) < 4.78 is 0. The van der Waals surface area contributed by atoms with E-state index in [1.807, 2.05) is 24.3 Å². The number of rotatable bonds is 1. The number of fused-ring (bicyclic) bond motifs is 1. The Bertz CT molecular complexity index is 609. The Hall–Kier alpha value is -1.74. The van der Waals surface area contributed by atoms with E-state index in [4.69, 9.17) is 11.6 Å². The Morgan fingerprint density at radius 2 is 1.93 bits per heavy atom. The molecule has 2 heterocycles. The van der Waals surface area contributed by atoms with Crippen molar-refractivity contribution in [2.24, 2.45) is 0 Å². The van der Waals surface area contributed by atoms with Crippen molar-refractivity contribution in [1.29, 1.82) is 0 Å². The zero-order valence-corrected chi connectivity index (χ0v) is 8.55. The molecule has 0 saturated carbocycles. The molecule has 0 spiro atoms. The monoisotopic (exact) mass is 217 g/mol. The Morgan fingerprint density at radius 1 is 1.07 bits per heavy atom. The second kappa shape index (κ2) is 3.14. The van der Waals surface area contributed by atoms with E-state index in [0.29, 0.717) is 5.15 Å². The highest BCUT2D eigenvalue weighted by atomic mass is 35.5. The molecule has 4 heteroatoms. The molecule has 74 valence electrons. The number of hydrogen-bond donors (Lipinski definition) is 2. The highest BCUT2D eigenvalue weighted by Gasteiger charge is 2.05. The van der Waals surface area contributed by atoms with Crippen LogP contribution in [0.15, 0.2) is 36.5 Å². The van der Waals surface area contributed by atoms with E-state index in [1.54, 1.807) is 6.20 Å². The minimum absolute atomic E-state index is 0.532. The zero-order chi connectivity index (χ0) is 10.3. The molecule has 0 unspecified atom stereocenters. The fourth-order valence-corrected chi connectivity index (χ4v) is 1.83. The largest absolute Gasteiger partial charge is 0.299 e. The van der Waals surface area contributed by atoms with E-state index in [0.717, 1.165) is 22.2 Å². The predicted octanol–water partition coefficient (Wildman–Crippen LogP) is 3.21. The molecular weight excluding hydrogens is 210 g/mol. The first kappa shape index (κ1) is 8.56. The molecule has 2 aromatic heterocycles. The van der Waals surface area contributed by atoms with Crippen molar-refractivity contribution in [2.75, 3.05) is 0 Å². The van der Waals surface area contributed by atoms with Crippen molar-refractivity contribution in [3.8, 4) is 11.1 Å². The summed E-state index contributed by atoms with van der Waals surface area (Å²) in [5.41, 5.74) is 4.22. The first-order valence-electron chi connectivity index (χ1n) is 4.61. The highest BCUT2D eigenvalue weighted by Crippen LogP contribution is 2.27. The van der Waals surface area contributed by atoms with Crippen molar-refractivity contribution >= 4 is 22.6 Å². The normalized spacial score (nSPS) is 11.0. The summed E-state index contributed by atoms with van der Waals surface area (Å²) in [6.07, 6.45) is 1.69. The molecule has 0 aliphatic rings. The second-order valence-corrected chi connectivity index (χ2v) is 3.71. The SMILES string of the molecule is Clc1ncccc1-c1ccc2[nH][nH]c2c1. The van der Waals surface area contributed by atoms with Gasteiger partial charge in [0.25, 0.3) is 0 Å². The van der Waals surface area contributed by atoms with Gasteiger partial charge >= 0.3 is 0 Å². The van der Waals surface area contributed by atoms with E-state index in [1.165, 1.54) is 0 Å². The minimum Gasteiger partial charge on any atom is -0.299 e. The molecule has 3 nitrogen and oxygen atoms in total. The molecule has 0 radical (unpaired) electrons. The highest BCUT2D eigenvalue weighted by molar-refractivity contribution is 6.32. The maximum absolute atomic E-state index is 6.02. The van der Waals surface area contributed by atoms with Gasteiger partial charge in [-0.25, -0.2) is 4.98 Å². The number of nitrogens with zero attached hydrogens (tertiary/aromatic N) is 1. The van der Waals surface area contributed by atoms with Crippen LogP contribution in [0, 0.1) is 0 Å². The Morgan fingerprint density at radius 3 is 2.60 bits per heavy atom. The summed E-state index contributed by atoms with van der Waals surface area (Å²) in [4.78, 5) is 4.06. The predicted molar refractivity (Wildman–Crippen MR) is 60.9 cm³/mol. The molecule has 3 aromatic rings. The van der Waals surface area contributed by atoms with Gasteiger partial charge in [-0.05, 0) is 29.8 Å². The van der Waals surface area contributed by atoms with Gasteiger partial charge in [0.1, 0.15) is 5.15 Å². The van der Waals surface area contributed by atoms with Gasteiger partial charge in [0, 0.05) is 11.8 Å². The van der Waals surface area contributed by atoms with E-state index in [9.17, 15) is 0 Å². The standard InChI is InChI=1S/C11H8ClN3/c12-11-8(2-1-5-13-11)7-3-4-9-10(6-7)15-14-9/h1-6,14-15H. The number of aromatic nitrogens is 3. The summed E-state index contributed by atoms with van der Waals surface area (Å²) in [6, 6.07) is 9.93. The third kappa shape index (κ3) is 1.32. The van der Waals surface area contributed by atoms with Gasteiger partial charge in [0.05, 0.1) is 11.0 Å². The summed E-state index contributed by atoms with van der Waals surface area (Å²) in [6.45, 7) is 0. The van der Waals surface area contributed by atoms with Crippen molar-refractivity contribution in [1.82, 2.24) is 15.2 Å². The minimum atomic E-state index is 0.532. The van der Waals surface area contributed by atoms with Gasteiger partial charge < -0.3 is 0 Å². The molecule has 2 N–H and O–H groups in total. The first-order chi connectivity index (χ1) is 7.34.